The van der Waals surface area contributed by atoms with Gasteiger partial charge in [0.1, 0.15) is 0 Å². The number of nitrogens with two attached hydrogens (primary N) is 1. The van der Waals surface area contributed by atoms with Crippen LogP contribution in [0.25, 0.3) is 0 Å². The molecular weight excluding hydrogens is 178 g/mol. The normalized spacial score (nSPS) is 23.4. The molecule has 0 aromatic rings. The van der Waals surface area contributed by atoms with E-state index in [-0.39, 0.29) is 17.7 Å². The number of rotatable bonds is 4. The quantitative estimate of drug-likeness (QED) is 0.524. The molecule has 3 N–H and O–H groups in total. The summed E-state index contributed by atoms with van der Waals surface area (Å²) in [5.74, 6) is 0.446. The number of aliphatic imine (C=N–C) groups is 1. The third-order valence-corrected chi connectivity index (χ3v) is 2.77. The monoisotopic (exact) mass is 195 g/mol. The van der Waals surface area contributed by atoms with Crippen molar-refractivity contribution in [2.45, 2.75) is 33.1 Å². The summed E-state index contributed by atoms with van der Waals surface area (Å²) in [5.41, 5.74) is 6.03. The summed E-state index contributed by atoms with van der Waals surface area (Å²) in [6.07, 6.45) is 2.02. The lowest BCUT2D eigenvalue weighted by Gasteiger charge is -2.13. The van der Waals surface area contributed by atoms with Gasteiger partial charge in [0.15, 0.2) is 0 Å². The molecule has 78 valence electrons. The van der Waals surface area contributed by atoms with Crippen LogP contribution in [0.4, 0.5) is 0 Å². The second-order valence-corrected chi connectivity index (χ2v) is 3.91. The third-order valence-electron chi connectivity index (χ3n) is 2.77. The topological polar surface area (TPSA) is 79.3 Å². The average Bonchev–Trinajstić information content (AvgIpc) is 2.44. The minimum Gasteiger partial charge on any atom is -0.387 e. The molecule has 1 aliphatic rings. The number of carbonyl (C=O) groups is 1. The second kappa shape index (κ2) is 4.35. The van der Waals surface area contributed by atoms with Gasteiger partial charge in [0.05, 0.1) is 5.84 Å². The molecule has 0 saturated heterocycles. The van der Waals surface area contributed by atoms with Crippen molar-refractivity contribution in [1.29, 1.82) is 5.41 Å². The highest BCUT2D eigenvalue weighted by Crippen LogP contribution is 2.26. The molecule has 2 unspecified atom stereocenters. The largest absolute Gasteiger partial charge is 0.387 e. The van der Waals surface area contributed by atoms with Gasteiger partial charge in [-0.25, -0.2) is 4.99 Å². The van der Waals surface area contributed by atoms with Gasteiger partial charge in [-0.1, -0.05) is 20.3 Å². The maximum atomic E-state index is 11.5. The Labute approximate surface area is 84.1 Å². The van der Waals surface area contributed by atoms with Gasteiger partial charge in [0.2, 0.25) is 5.91 Å². The zero-order valence-corrected chi connectivity index (χ0v) is 8.71. The zero-order valence-electron chi connectivity index (χ0n) is 8.71. The predicted octanol–water partition coefficient (Wildman–Crippen LogP) is 1.35. The lowest BCUT2D eigenvalue weighted by atomic mass is 9.88. The van der Waals surface area contributed by atoms with Gasteiger partial charge in [-0.2, -0.15) is 0 Å². The maximum absolute atomic E-state index is 11.5. The van der Waals surface area contributed by atoms with Crippen LogP contribution in [0.3, 0.4) is 0 Å². The summed E-state index contributed by atoms with van der Waals surface area (Å²) >= 11 is 0. The zero-order chi connectivity index (χ0) is 10.7. The first-order valence-corrected chi connectivity index (χ1v) is 4.97. The van der Waals surface area contributed by atoms with Gasteiger partial charge in [-0.15, -0.1) is 0 Å². The summed E-state index contributed by atoms with van der Waals surface area (Å²) in [5, 5.41) is 7.13. The van der Waals surface area contributed by atoms with E-state index in [2.05, 4.69) is 18.8 Å². The Hall–Kier alpha value is -1.19. The van der Waals surface area contributed by atoms with E-state index >= 15 is 0 Å². The van der Waals surface area contributed by atoms with E-state index < -0.39 is 0 Å². The molecule has 1 heterocycles. The lowest BCUT2D eigenvalue weighted by molar-refractivity contribution is -0.121. The molecule has 0 fully saturated rings. The molecule has 0 spiro atoms. The van der Waals surface area contributed by atoms with E-state index in [1.165, 1.54) is 0 Å². The van der Waals surface area contributed by atoms with Gasteiger partial charge in [0.25, 0.3) is 0 Å². The van der Waals surface area contributed by atoms with Crippen LogP contribution in [0.1, 0.15) is 33.1 Å². The van der Waals surface area contributed by atoms with Gasteiger partial charge in [0, 0.05) is 18.1 Å². The molecule has 0 aromatic carbocycles. The van der Waals surface area contributed by atoms with Crippen LogP contribution >= 0.6 is 0 Å². The summed E-state index contributed by atoms with van der Waals surface area (Å²) in [7, 11) is 0. The van der Waals surface area contributed by atoms with Crippen LogP contribution in [0.5, 0.6) is 0 Å². The van der Waals surface area contributed by atoms with Gasteiger partial charge >= 0.3 is 0 Å². The Morgan fingerprint density at radius 3 is 2.93 bits per heavy atom. The summed E-state index contributed by atoms with van der Waals surface area (Å²) in [6, 6.07) is 0. The molecule has 0 aromatic heterocycles. The van der Waals surface area contributed by atoms with E-state index in [0.29, 0.717) is 18.8 Å². The molecule has 4 nitrogen and oxygen atoms in total. The Bertz CT molecular complexity index is 283. The molecular formula is C10H17N3O. The fourth-order valence-corrected chi connectivity index (χ4v) is 1.69. The number of hydrogen-bond acceptors (Lipinski definition) is 2. The van der Waals surface area contributed by atoms with Crippen molar-refractivity contribution in [3.8, 4) is 0 Å². The van der Waals surface area contributed by atoms with Gasteiger partial charge < -0.3 is 5.73 Å². The molecule has 0 radical (unpaired) electrons. The fraction of sp³-hybridized carbons (Fsp3) is 0.700. The molecule has 0 bridgehead atoms. The van der Waals surface area contributed by atoms with Crippen LogP contribution in [0, 0.1) is 17.2 Å². The standard InChI is InChI=1S/C10H17N3O/c1-3-6(2)8-4-7(5-9(11)12)13-10(8)14/h6,8H,3-5H2,1-2H3,(H3,11,12). The fourth-order valence-electron chi connectivity index (χ4n) is 1.69. The highest BCUT2D eigenvalue weighted by Gasteiger charge is 2.30. The first kappa shape index (κ1) is 10.9. The van der Waals surface area contributed by atoms with Crippen molar-refractivity contribution in [1.82, 2.24) is 0 Å². The first-order valence-electron chi connectivity index (χ1n) is 4.97. The van der Waals surface area contributed by atoms with Crippen LogP contribution in [0.2, 0.25) is 0 Å². The Kier molecular flexibility index (Phi) is 3.38. The van der Waals surface area contributed by atoms with Crippen LogP contribution in [0.15, 0.2) is 4.99 Å². The smallest absolute Gasteiger partial charge is 0.249 e. The molecule has 0 aliphatic carbocycles. The molecule has 1 amide bonds. The molecule has 1 aliphatic heterocycles. The Balaban J connectivity index is 2.59. The first-order chi connectivity index (χ1) is 6.54. The Morgan fingerprint density at radius 2 is 2.43 bits per heavy atom. The highest BCUT2D eigenvalue weighted by atomic mass is 16.1. The molecule has 2 atom stereocenters. The number of hydrogen-bond donors (Lipinski definition) is 2. The number of amidine groups is 1. The van der Waals surface area contributed by atoms with Crippen molar-refractivity contribution in [2.75, 3.05) is 0 Å². The van der Waals surface area contributed by atoms with E-state index in [1.807, 2.05) is 0 Å². The van der Waals surface area contributed by atoms with Crippen LogP contribution in [-0.2, 0) is 4.79 Å². The van der Waals surface area contributed by atoms with Crippen molar-refractivity contribution in [3.05, 3.63) is 0 Å². The number of nitrogens with one attached hydrogen (secondary N) is 1. The molecule has 1 rings (SSSR count). The van der Waals surface area contributed by atoms with E-state index in [9.17, 15) is 4.79 Å². The SMILES string of the molecule is CCC(C)C1CC(CC(=N)N)=NC1=O. The minimum absolute atomic E-state index is 0.0225. The van der Waals surface area contributed by atoms with Gasteiger partial charge in [-0.05, 0) is 12.3 Å². The predicted molar refractivity (Wildman–Crippen MR) is 56.5 cm³/mol. The summed E-state index contributed by atoms with van der Waals surface area (Å²) < 4.78 is 0. The van der Waals surface area contributed by atoms with Crippen molar-refractivity contribution < 1.29 is 4.79 Å². The molecule has 4 heteroatoms. The van der Waals surface area contributed by atoms with Crippen LogP contribution in [-0.4, -0.2) is 17.5 Å². The van der Waals surface area contributed by atoms with Gasteiger partial charge in [-0.3, -0.25) is 10.2 Å². The van der Waals surface area contributed by atoms with Crippen molar-refractivity contribution in [2.24, 2.45) is 22.6 Å². The molecule has 14 heavy (non-hydrogen) atoms. The van der Waals surface area contributed by atoms with E-state index in [0.717, 1.165) is 12.1 Å². The van der Waals surface area contributed by atoms with E-state index in [1.54, 1.807) is 0 Å². The van der Waals surface area contributed by atoms with Crippen molar-refractivity contribution >= 4 is 17.5 Å². The van der Waals surface area contributed by atoms with Crippen LogP contribution < -0.4 is 5.73 Å². The maximum Gasteiger partial charge on any atom is 0.249 e. The number of amides is 1. The van der Waals surface area contributed by atoms with E-state index in [4.69, 9.17) is 11.1 Å². The summed E-state index contributed by atoms with van der Waals surface area (Å²) in [6.45, 7) is 4.13. The minimum atomic E-state index is -0.0319. The lowest BCUT2D eigenvalue weighted by Crippen LogP contribution is -2.18. The average molecular weight is 195 g/mol. The van der Waals surface area contributed by atoms with Crippen molar-refractivity contribution in [3.63, 3.8) is 0 Å². The summed E-state index contributed by atoms with van der Waals surface area (Å²) in [4.78, 5) is 15.4. The Morgan fingerprint density at radius 1 is 1.79 bits per heavy atom. The third kappa shape index (κ3) is 2.40. The number of carbonyl (C=O) groups excluding carboxylic acids is 1. The molecule has 0 saturated carbocycles. The number of nitrogens with zero attached hydrogens (tertiary/aromatic N) is 1. The second-order valence-electron chi connectivity index (χ2n) is 3.91. The highest BCUT2D eigenvalue weighted by molar-refractivity contribution is 6.10.